The molecule has 1 unspecified atom stereocenters. The van der Waals surface area contributed by atoms with Gasteiger partial charge in [0.15, 0.2) is 0 Å². The van der Waals surface area contributed by atoms with E-state index in [4.69, 9.17) is 9.47 Å². The number of hydrogen-bond donors (Lipinski definition) is 0. The second-order valence-corrected chi connectivity index (χ2v) is 4.94. The van der Waals surface area contributed by atoms with Gasteiger partial charge in [-0.2, -0.15) is 5.26 Å². The Balaban J connectivity index is 3.08. The van der Waals surface area contributed by atoms with E-state index in [9.17, 15) is 10.1 Å². The summed E-state index contributed by atoms with van der Waals surface area (Å²) in [6.45, 7) is 0. The highest BCUT2D eigenvalue weighted by Gasteiger charge is 2.22. The summed E-state index contributed by atoms with van der Waals surface area (Å²) in [5.74, 6) is -0.794. The first-order chi connectivity index (χ1) is 9.58. The van der Waals surface area contributed by atoms with Crippen LogP contribution in [0.4, 0.5) is 0 Å². The van der Waals surface area contributed by atoms with E-state index in [0.29, 0.717) is 4.91 Å². The molecule has 1 rings (SSSR count). The van der Waals surface area contributed by atoms with Crippen molar-refractivity contribution in [1.82, 2.24) is 4.57 Å². The Morgan fingerprint density at radius 2 is 2.15 bits per heavy atom. The van der Waals surface area contributed by atoms with Gasteiger partial charge in [0.05, 0.1) is 6.07 Å². The smallest absolute Gasteiger partial charge is 0.221 e. The van der Waals surface area contributed by atoms with Crippen molar-refractivity contribution >= 4 is 17.5 Å². The van der Waals surface area contributed by atoms with Crippen LogP contribution >= 0.6 is 11.8 Å². The minimum atomic E-state index is -0.940. The molecule has 0 aliphatic carbocycles. The number of hydrogen-bond acceptors (Lipinski definition) is 5. The van der Waals surface area contributed by atoms with E-state index in [1.54, 1.807) is 0 Å². The van der Waals surface area contributed by atoms with Crippen molar-refractivity contribution in [3.8, 4) is 6.07 Å². The predicted molar refractivity (Wildman–Crippen MR) is 78.2 cm³/mol. The summed E-state index contributed by atoms with van der Waals surface area (Å²) in [4.78, 5) is 12.7. The van der Waals surface area contributed by atoms with Gasteiger partial charge >= 0.3 is 0 Å². The molecule has 108 valence electrons. The Kier molecular flexibility index (Phi) is 6.52. The molecule has 0 aromatic carbocycles. The van der Waals surface area contributed by atoms with Crippen LogP contribution in [0.2, 0.25) is 0 Å². The fourth-order valence-corrected chi connectivity index (χ4v) is 2.49. The van der Waals surface area contributed by atoms with Gasteiger partial charge in [-0.15, -0.1) is 11.8 Å². The molecule has 0 aliphatic rings. The predicted octanol–water partition coefficient (Wildman–Crippen LogP) is 2.07. The Bertz CT molecular complexity index is 527. The number of nitriles is 1. The summed E-state index contributed by atoms with van der Waals surface area (Å²) >= 11 is 1.37. The standard InChI is InChI=1S/C14H18N2O3S/c1-16-7-5-6-11(16)10(9-15)13(20-4)8-12(17)14(18-2)19-3/h5-8,10,14H,1-4H3/b13-8+. The van der Waals surface area contributed by atoms with Crippen molar-refractivity contribution in [3.63, 3.8) is 0 Å². The van der Waals surface area contributed by atoms with Crippen molar-refractivity contribution in [1.29, 1.82) is 5.26 Å². The van der Waals surface area contributed by atoms with Crippen molar-refractivity contribution in [3.05, 3.63) is 35.0 Å². The van der Waals surface area contributed by atoms with Crippen LogP contribution in [0.1, 0.15) is 11.6 Å². The first-order valence-electron chi connectivity index (χ1n) is 5.94. The van der Waals surface area contributed by atoms with Crippen molar-refractivity contribution < 1.29 is 14.3 Å². The second-order valence-electron chi connectivity index (χ2n) is 4.06. The molecule has 0 saturated carbocycles. The van der Waals surface area contributed by atoms with Crippen molar-refractivity contribution in [2.45, 2.75) is 12.2 Å². The monoisotopic (exact) mass is 294 g/mol. The summed E-state index contributed by atoms with van der Waals surface area (Å²) in [6, 6.07) is 5.97. The van der Waals surface area contributed by atoms with Crippen LogP contribution < -0.4 is 0 Å². The van der Waals surface area contributed by atoms with Gasteiger partial charge in [0.25, 0.3) is 0 Å². The highest BCUT2D eigenvalue weighted by Crippen LogP contribution is 2.31. The van der Waals surface area contributed by atoms with Gasteiger partial charge in [0.1, 0.15) is 5.92 Å². The molecule has 6 heteroatoms. The van der Waals surface area contributed by atoms with Gasteiger partial charge in [0.2, 0.25) is 12.1 Å². The number of thioether (sulfide) groups is 1. The molecule has 1 aromatic heterocycles. The number of aryl methyl sites for hydroxylation is 1. The number of ketones is 1. The summed E-state index contributed by atoms with van der Waals surface area (Å²) in [6.07, 6.45) is 4.18. The molecule has 0 bridgehead atoms. The first kappa shape index (κ1) is 16.5. The van der Waals surface area contributed by atoms with Gasteiger partial charge in [-0.25, -0.2) is 0 Å². The summed E-state index contributed by atoms with van der Waals surface area (Å²) in [5.41, 5.74) is 0.840. The SMILES string of the molecule is COC(OC)C(=O)/C=C(/SC)C(C#N)c1cccn1C. The molecule has 5 nitrogen and oxygen atoms in total. The van der Waals surface area contributed by atoms with Gasteiger partial charge < -0.3 is 14.0 Å². The van der Waals surface area contributed by atoms with Crippen LogP contribution in [0.25, 0.3) is 0 Å². The summed E-state index contributed by atoms with van der Waals surface area (Å²) < 4.78 is 11.7. The third-order valence-electron chi connectivity index (χ3n) is 2.87. The van der Waals surface area contributed by atoms with E-state index in [1.807, 2.05) is 36.2 Å². The molecular formula is C14H18N2O3S. The van der Waals surface area contributed by atoms with Crippen LogP contribution in [-0.4, -0.2) is 37.1 Å². The minimum absolute atomic E-state index is 0.311. The lowest BCUT2D eigenvalue weighted by Crippen LogP contribution is -2.23. The van der Waals surface area contributed by atoms with E-state index in [0.717, 1.165) is 5.69 Å². The van der Waals surface area contributed by atoms with E-state index < -0.39 is 12.2 Å². The highest BCUT2D eigenvalue weighted by molar-refractivity contribution is 8.02. The Hall–Kier alpha value is -1.55. The zero-order valence-corrected chi connectivity index (χ0v) is 12.8. The normalized spacial score (nSPS) is 13.3. The third kappa shape index (κ3) is 3.73. The molecular weight excluding hydrogens is 276 g/mol. The van der Waals surface area contributed by atoms with Gasteiger partial charge in [-0.1, -0.05) is 0 Å². The molecule has 0 amide bonds. The van der Waals surface area contributed by atoms with Crippen LogP contribution in [0.3, 0.4) is 0 Å². The maximum atomic E-state index is 12.0. The zero-order chi connectivity index (χ0) is 15.1. The van der Waals surface area contributed by atoms with E-state index in [2.05, 4.69) is 6.07 Å². The quantitative estimate of drug-likeness (QED) is 0.569. The number of nitrogens with zero attached hydrogens (tertiary/aromatic N) is 2. The zero-order valence-electron chi connectivity index (χ0n) is 12.0. The molecule has 0 fully saturated rings. The molecule has 0 radical (unpaired) electrons. The molecule has 1 atom stereocenters. The third-order valence-corrected chi connectivity index (χ3v) is 3.70. The summed E-state index contributed by atoms with van der Waals surface area (Å²) in [7, 11) is 4.67. The minimum Gasteiger partial charge on any atom is -0.353 e. The number of rotatable bonds is 7. The average Bonchev–Trinajstić information content (AvgIpc) is 2.86. The van der Waals surface area contributed by atoms with Crippen LogP contribution in [-0.2, 0) is 21.3 Å². The number of ether oxygens (including phenoxy) is 2. The Morgan fingerprint density at radius 3 is 2.55 bits per heavy atom. The van der Waals surface area contributed by atoms with E-state index >= 15 is 0 Å². The van der Waals surface area contributed by atoms with Crippen LogP contribution in [0.15, 0.2) is 29.3 Å². The fraction of sp³-hybridized carbons (Fsp3) is 0.429. The maximum Gasteiger partial charge on any atom is 0.221 e. The molecule has 1 aromatic rings. The first-order valence-corrected chi connectivity index (χ1v) is 7.17. The lowest BCUT2D eigenvalue weighted by atomic mass is 10.1. The molecule has 0 spiro atoms. The van der Waals surface area contributed by atoms with Gasteiger partial charge in [-0.05, 0) is 24.5 Å². The molecule has 0 saturated heterocycles. The number of allylic oxidation sites excluding steroid dienone is 1. The highest BCUT2D eigenvalue weighted by atomic mass is 32.2. The second kappa shape index (κ2) is 7.90. The molecule has 1 heterocycles. The summed E-state index contributed by atoms with van der Waals surface area (Å²) in [5, 5.41) is 9.40. The van der Waals surface area contributed by atoms with Crippen molar-refractivity contribution in [2.75, 3.05) is 20.5 Å². The topological polar surface area (TPSA) is 64.2 Å². The number of aromatic nitrogens is 1. The molecule has 20 heavy (non-hydrogen) atoms. The average molecular weight is 294 g/mol. The Labute approximate surface area is 123 Å². The molecule has 0 N–H and O–H groups in total. The largest absolute Gasteiger partial charge is 0.353 e. The number of methoxy groups -OCH3 is 2. The van der Waals surface area contributed by atoms with E-state index in [-0.39, 0.29) is 5.78 Å². The molecule has 0 aliphatic heterocycles. The van der Waals surface area contributed by atoms with Gasteiger partial charge in [0, 0.05) is 38.1 Å². The lowest BCUT2D eigenvalue weighted by Gasteiger charge is -2.15. The van der Waals surface area contributed by atoms with E-state index in [1.165, 1.54) is 32.1 Å². The fourth-order valence-electron chi connectivity index (χ4n) is 1.85. The maximum absolute atomic E-state index is 12.0. The Morgan fingerprint density at radius 1 is 1.50 bits per heavy atom. The van der Waals surface area contributed by atoms with Crippen molar-refractivity contribution in [2.24, 2.45) is 7.05 Å². The number of carbonyl (C=O) groups excluding carboxylic acids is 1. The van der Waals surface area contributed by atoms with Crippen LogP contribution in [0, 0.1) is 11.3 Å². The lowest BCUT2D eigenvalue weighted by molar-refractivity contribution is -0.151. The van der Waals surface area contributed by atoms with Gasteiger partial charge in [-0.3, -0.25) is 4.79 Å². The number of carbonyl (C=O) groups is 1. The van der Waals surface area contributed by atoms with Crippen LogP contribution in [0.5, 0.6) is 0 Å².